The van der Waals surface area contributed by atoms with Gasteiger partial charge in [-0.05, 0) is 29.8 Å². The summed E-state index contributed by atoms with van der Waals surface area (Å²) >= 11 is 0. The van der Waals surface area contributed by atoms with Crippen LogP contribution in [0.2, 0.25) is 0 Å². The Hall–Kier alpha value is -2.33. The van der Waals surface area contributed by atoms with E-state index < -0.39 is 0 Å². The van der Waals surface area contributed by atoms with Gasteiger partial charge in [0, 0.05) is 19.3 Å². The molecule has 0 amide bonds. The number of nitrogens with two attached hydrogens (primary N) is 1. The normalized spacial score (nSPS) is 11.1. The van der Waals surface area contributed by atoms with Crippen molar-refractivity contribution in [1.29, 1.82) is 0 Å². The molecule has 0 unspecified atom stereocenters. The molecule has 0 aliphatic carbocycles. The number of imidazole rings is 1. The van der Waals surface area contributed by atoms with Gasteiger partial charge in [-0.15, -0.1) is 0 Å². The van der Waals surface area contributed by atoms with Crippen LogP contribution < -0.4 is 11.1 Å². The smallest absolute Gasteiger partial charge is 0.123 e. The van der Waals surface area contributed by atoms with E-state index in [1.807, 2.05) is 43.4 Å². The van der Waals surface area contributed by atoms with Crippen molar-refractivity contribution in [3.05, 3.63) is 59.9 Å². The second kappa shape index (κ2) is 5.35. The minimum absolute atomic E-state index is 0.736. The number of hydrogen-bond acceptors (Lipinski definition) is 3. The van der Waals surface area contributed by atoms with Gasteiger partial charge in [-0.1, -0.05) is 24.3 Å². The molecule has 4 nitrogen and oxygen atoms in total. The Kier molecular flexibility index (Phi) is 3.39. The minimum Gasteiger partial charge on any atom is -0.399 e. The van der Waals surface area contributed by atoms with E-state index >= 15 is 0 Å². The van der Waals surface area contributed by atoms with E-state index in [0.717, 1.165) is 35.6 Å². The second-order valence-corrected chi connectivity index (χ2v) is 4.92. The number of nitrogens with one attached hydrogen (secondary N) is 1. The Morgan fingerprint density at radius 3 is 2.75 bits per heavy atom. The monoisotopic (exact) mass is 266 g/mol. The maximum atomic E-state index is 5.77. The summed E-state index contributed by atoms with van der Waals surface area (Å²) in [6, 6.07) is 16.1. The topological polar surface area (TPSA) is 55.9 Å². The van der Waals surface area contributed by atoms with E-state index in [2.05, 4.69) is 27.0 Å². The van der Waals surface area contributed by atoms with Crippen LogP contribution in [0, 0.1) is 0 Å². The van der Waals surface area contributed by atoms with E-state index in [-0.39, 0.29) is 0 Å². The van der Waals surface area contributed by atoms with Gasteiger partial charge in [-0.2, -0.15) is 0 Å². The number of fused-ring (bicyclic) bond motifs is 1. The number of nitrogens with zero attached hydrogens (tertiary/aromatic N) is 2. The molecule has 0 fully saturated rings. The van der Waals surface area contributed by atoms with E-state index in [9.17, 15) is 0 Å². The van der Waals surface area contributed by atoms with Crippen LogP contribution in [-0.4, -0.2) is 9.55 Å². The summed E-state index contributed by atoms with van der Waals surface area (Å²) in [5.41, 5.74) is 9.95. The van der Waals surface area contributed by atoms with Gasteiger partial charge in [0.2, 0.25) is 0 Å². The molecule has 0 spiro atoms. The Morgan fingerprint density at radius 1 is 1.10 bits per heavy atom. The van der Waals surface area contributed by atoms with Crippen LogP contribution in [0.4, 0.5) is 5.69 Å². The average molecular weight is 266 g/mol. The zero-order valence-corrected chi connectivity index (χ0v) is 11.5. The van der Waals surface area contributed by atoms with Crippen molar-refractivity contribution in [2.45, 2.75) is 13.1 Å². The van der Waals surface area contributed by atoms with E-state index in [1.54, 1.807) is 0 Å². The van der Waals surface area contributed by atoms with E-state index in [1.165, 1.54) is 5.56 Å². The van der Waals surface area contributed by atoms with Gasteiger partial charge in [0.1, 0.15) is 5.82 Å². The first-order valence-corrected chi connectivity index (χ1v) is 6.69. The average Bonchev–Trinajstić information content (AvgIpc) is 2.76. The third-order valence-electron chi connectivity index (χ3n) is 3.44. The molecule has 1 heterocycles. The first kappa shape index (κ1) is 12.7. The molecule has 3 N–H and O–H groups in total. The van der Waals surface area contributed by atoms with Crippen molar-refractivity contribution in [2.75, 3.05) is 5.73 Å². The van der Waals surface area contributed by atoms with E-state index in [0.29, 0.717) is 0 Å². The highest BCUT2D eigenvalue weighted by Gasteiger charge is 2.06. The lowest BCUT2D eigenvalue weighted by molar-refractivity contribution is 0.644. The van der Waals surface area contributed by atoms with Crippen LogP contribution in [0.1, 0.15) is 11.4 Å². The molecule has 20 heavy (non-hydrogen) atoms. The van der Waals surface area contributed by atoms with Crippen LogP contribution in [-0.2, 0) is 20.1 Å². The number of para-hydroxylation sites is 2. The summed E-state index contributed by atoms with van der Waals surface area (Å²) in [6.07, 6.45) is 0. The molecule has 3 rings (SSSR count). The van der Waals surface area contributed by atoms with Crippen molar-refractivity contribution in [3.8, 4) is 0 Å². The van der Waals surface area contributed by atoms with Crippen molar-refractivity contribution in [1.82, 2.24) is 14.9 Å². The lowest BCUT2D eigenvalue weighted by Gasteiger charge is -2.06. The zero-order valence-electron chi connectivity index (χ0n) is 11.5. The van der Waals surface area contributed by atoms with Crippen molar-refractivity contribution >= 4 is 16.7 Å². The minimum atomic E-state index is 0.736. The molecule has 3 aromatic rings. The predicted octanol–water partition coefficient (Wildman–Crippen LogP) is 2.45. The van der Waals surface area contributed by atoms with E-state index in [4.69, 9.17) is 5.73 Å². The van der Waals surface area contributed by atoms with Crippen LogP contribution in [0.25, 0.3) is 11.0 Å². The number of nitrogen functional groups attached to an aromatic ring is 1. The summed E-state index contributed by atoms with van der Waals surface area (Å²) in [5.74, 6) is 1.04. The molecular weight excluding hydrogens is 248 g/mol. The Labute approximate surface area is 118 Å². The Balaban J connectivity index is 1.69. The maximum Gasteiger partial charge on any atom is 0.123 e. The number of hydrogen-bond donors (Lipinski definition) is 2. The first-order chi connectivity index (χ1) is 9.74. The van der Waals surface area contributed by atoms with Gasteiger partial charge in [-0.3, -0.25) is 0 Å². The number of anilines is 1. The highest BCUT2D eigenvalue weighted by Crippen LogP contribution is 2.14. The van der Waals surface area contributed by atoms with Gasteiger partial charge < -0.3 is 15.6 Å². The molecule has 2 aromatic carbocycles. The molecule has 1 aromatic heterocycles. The zero-order chi connectivity index (χ0) is 13.9. The van der Waals surface area contributed by atoms with Crippen molar-refractivity contribution < 1.29 is 0 Å². The number of benzene rings is 2. The largest absolute Gasteiger partial charge is 0.399 e. The summed E-state index contributed by atoms with van der Waals surface area (Å²) in [7, 11) is 2.05. The molecule has 4 heteroatoms. The highest BCUT2D eigenvalue weighted by molar-refractivity contribution is 5.75. The lowest BCUT2D eigenvalue weighted by atomic mass is 10.2. The molecule has 0 aliphatic heterocycles. The standard InChI is InChI=1S/C16H18N4/c1-20-15-8-3-2-7-14(15)19-16(20)11-18-10-12-5-4-6-13(17)9-12/h2-9,18H,10-11,17H2,1H3. The number of aryl methyl sites for hydroxylation is 1. The fourth-order valence-electron chi connectivity index (χ4n) is 2.38. The maximum absolute atomic E-state index is 5.77. The fourth-order valence-corrected chi connectivity index (χ4v) is 2.38. The Morgan fingerprint density at radius 2 is 1.95 bits per heavy atom. The highest BCUT2D eigenvalue weighted by atomic mass is 15.1. The fraction of sp³-hybridized carbons (Fsp3) is 0.188. The first-order valence-electron chi connectivity index (χ1n) is 6.69. The summed E-state index contributed by atoms with van der Waals surface area (Å²) in [6.45, 7) is 1.52. The molecule has 102 valence electrons. The van der Waals surface area contributed by atoms with Crippen LogP contribution in [0.3, 0.4) is 0 Å². The summed E-state index contributed by atoms with van der Waals surface area (Å²) in [4.78, 5) is 4.64. The SMILES string of the molecule is Cn1c(CNCc2cccc(N)c2)nc2ccccc21. The van der Waals surface area contributed by atoms with Crippen LogP contribution in [0.5, 0.6) is 0 Å². The third-order valence-corrected chi connectivity index (χ3v) is 3.44. The number of rotatable bonds is 4. The van der Waals surface area contributed by atoms with Crippen LogP contribution in [0.15, 0.2) is 48.5 Å². The molecule has 0 saturated carbocycles. The quantitative estimate of drug-likeness (QED) is 0.713. The Bertz CT molecular complexity index is 730. The van der Waals surface area contributed by atoms with Crippen LogP contribution >= 0.6 is 0 Å². The second-order valence-electron chi connectivity index (χ2n) is 4.92. The van der Waals surface area contributed by atoms with Crippen molar-refractivity contribution in [2.24, 2.45) is 7.05 Å². The number of aromatic nitrogens is 2. The summed E-state index contributed by atoms with van der Waals surface area (Å²) in [5, 5.41) is 3.41. The van der Waals surface area contributed by atoms with Gasteiger partial charge in [0.25, 0.3) is 0 Å². The predicted molar refractivity (Wildman–Crippen MR) is 82.1 cm³/mol. The van der Waals surface area contributed by atoms with Crippen molar-refractivity contribution in [3.63, 3.8) is 0 Å². The van der Waals surface area contributed by atoms with Gasteiger partial charge >= 0.3 is 0 Å². The van der Waals surface area contributed by atoms with Gasteiger partial charge in [-0.25, -0.2) is 4.98 Å². The molecule has 0 atom stereocenters. The molecule has 0 radical (unpaired) electrons. The molecular formula is C16H18N4. The third kappa shape index (κ3) is 2.51. The van der Waals surface area contributed by atoms with Gasteiger partial charge in [0.05, 0.1) is 17.6 Å². The van der Waals surface area contributed by atoms with Gasteiger partial charge in [0.15, 0.2) is 0 Å². The molecule has 0 aliphatic rings. The molecule has 0 bridgehead atoms. The summed E-state index contributed by atoms with van der Waals surface area (Å²) < 4.78 is 2.13. The molecule has 0 saturated heterocycles. The lowest BCUT2D eigenvalue weighted by Crippen LogP contribution is -2.15.